The van der Waals surface area contributed by atoms with Crippen molar-refractivity contribution in [3.05, 3.63) is 59.0 Å². The molecule has 4 nitrogen and oxygen atoms in total. The Morgan fingerprint density at radius 2 is 2.04 bits per heavy atom. The highest BCUT2D eigenvalue weighted by atomic mass is 32.2. The lowest BCUT2D eigenvalue weighted by Crippen LogP contribution is -2.12. The minimum absolute atomic E-state index is 0.142. The lowest BCUT2D eigenvalue weighted by molar-refractivity contribution is 0.102. The fraction of sp³-hybridized carbons (Fsp3) is 0.158. The minimum Gasteiger partial charge on any atom is -0.496 e. The van der Waals surface area contributed by atoms with E-state index in [0.717, 1.165) is 27.5 Å². The summed E-state index contributed by atoms with van der Waals surface area (Å²) < 4.78 is 5.29. The van der Waals surface area contributed by atoms with Crippen LogP contribution in [0.1, 0.15) is 15.9 Å². The van der Waals surface area contributed by atoms with Crippen LogP contribution in [0.25, 0.3) is 11.3 Å². The fourth-order valence-corrected chi connectivity index (χ4v) is 3.81. The zero-order chi connectivity index (χ0) is 17.8. The van der Waals surface area contributed by atoms with E-state index in [0.29, 0.717) is 10.7 Å². The van der Waals surface area contributed by atoms with Crippen LogP contribution in [0.15, 0.2) is 52.7 Å². The number of hydrogen-bond acceptors (Lipinski definition) is 5. The summed E-state index contributed by atoms with van der Waals surface area (Å²) >= 11 is 2.97. The number of carbonyl (C=O) groups is 1. The van der Waals surface area contributed by atoms with Gasteiger partial charge in [0.25, 0.3) is 5.91 Å². The second-order valence-electron chi connectivity index (χ2n) is 5.38. The normalized spacial score (nSPS) is 10.5. The van der Waals surface area contributed by atoms with Crippen molar-refractivity contribution in [1.82, 2.24) is 4.98 Å². The van der Waals surface area contributed by atoms with Gasteiger partial charge in [-0.1, -0.05) is 12.1 Å². The van der Waals surface area contributed by atoms with Gasteiger partial charge in [-0.2, -0.15) is 0 Å². The van der Waals surface area contributed by atoms with Crippen molar-refractivity contribution in [2.24, 2.45) is 0 Å². The first-order chi connectivity index (χ1) is 12.1. The average Bonchev–Trinajstić information content (AvgIpc) is 3.10. The number of methoxy groups -OCH3 is 1. The molecule has 0 saturated carbocycles. The Morgan fingerprint density at radius 3 is 2.76 bits per heavy atom. The van der Waals surface area contributed by atoms with Crippen LogP contribution in [0.2, 0.25) is 0 Å². The van der Waals surface area contributed by atoms with Crippen LogP contribution in [0.4, 0.5) is 5.13 Å². The van der Waals surface area contributed by atoms with Gasteiger partial charge in [0.2, 0.25) is 0 Å². The summed E-state index contributed by atoms with van der Waals surface area (Å²) in [6.45, 7) is 2.00. The molecule has 128 valence electrons. The molecule has 1 N–H and O–H groups in total. The van der Waals surface area contributed by atoms with Crippen LogP contribution in [0.5, 0.6) is 5.75 Å². The second-order valence-corrected chi connectivity index (χ2v) is 7.08. The maximum absolute atomic E-state index is 12.5. The number of benzene rings is 2. The highest BCUT2D eigenvalue weighted by molar-refractivity contribution is 7.98. The molecule has 0 aliphatic carbocycles. The largest absolute Gasteiger partial charge is 0.496 e. The third kappa shape index (κ3) is 3.86. The molecule has 0 fully saturated rings. The summed E-state index contributed by atoms with van der Waals surface area (Å²) in [6.07, 6.45) is 1.96. The Balaban J connectivity index is 1.80. The van der Waals surface area contributed by atoms with E-state index in [-0.39, 0.29) is 5.91 Å². The molecule has 0 saturated heterocycles. The van der Waals surface area contributed by atoms with Crippen LogP contribution >= 0.6 is 23.1 Å². The topological polar surface area (TPSA) is 51.2 Å². The van der Waals surface area contributed by atoms with Gasteiger partial charge >= 0.3 is 0 Å². The van der Waals surface area contributed by atoms with Gasteiger partial charge in [0.05, 0.1) is 18.4 Å². The fourth-order valence-electron chi connectivity index (χ4n) is 2.50. The van der Waals surface area contributed by atoms with Crippen molar-refractivity contribution < 1.29 is 9.53 Å². The molecule has 25 heavy (non-hydrogen) atoms. The highest BCUT2D eigenvalue weighted by Gasteiger charge is 2.13. The van der Waals surface area contributed by atoms with Crippen molar-refractivity contribution in [2.45, 2.75) is 11.8 Å². The molecule has 0 aliphatic heterocycles. The first-order valence-corrected chi connectivity index (χ1v) is 9.77. The Labute approximate surface area is 155 Å². The number of hydrogen-bond donors (Lipinski definition) is 1. The number of aryl methyl sites for hydroxylation is 1. The van der Waals surface area contributed by atoms with Gasteiger partial charge in [-0.15, -0.1) is 23.1 Å². The van der Waals surface area contributed by atoms with Gasteiger partial charge in [-0.25, -0.2) is 4.98 Å². The van der Waals surface area contributed by atoms with E-state index in [1.165, 1.54) is 11.3 Å². The number of ether oxygens (including phenoxy) is 1. The highest BCUT2D eigenvalue weighted by Crippen LogP contribution is 2.29. The van der Waals surface area contributed by atoms with Crippen LogP contribution in [0, 0.1) is 6.92 Å². The first kappa shape index (κ1) is 17.5. The number of thiazole rings is 1. The third-order valence-corrected chi connectivity index (χ3v) is 5.32. The molecule has 0 spiro atoms. The van der Waals surface area contributed by atoms with E-state index in [1.54, 1.807) is 18.9 Å². The zero-order valence-electron chi connectivity index (χ0n) is 14.2. The van der Waals surface area contributed by atoms with Gasteiger partial charge in [0, 0.05) is 15.8 Å². The van der Waals surface area contributed by atoms with Gasteiger partial charge < -0.3 is 4.74 Å². The van der Waals surface area contributed by atoms with Crippen LogP contribution < -0.4 is 10.1 Å². The van der Waals surface area contributed by atoms with Gasteiger partial charge in [0.15, 0.2) is 5.13 Å². The molecule has 0 atom stereocenters. The predicted molar refractivity (Wildman–Crippen MR) is 105 cm³/mol. The standard InChI is InChI=1S/C19H18N2O2S2/c1-12-10-13(8-9-16(12)23-2)15-11-25-19(20-15)21-18(22)14-6-4-5-7-17(14)24-3/h4-11H,1-3H3,(H,20,21,22). The molecule has 6 heteroatoms. The Hall–Kier alpha value is -2.31. The van der Waals surface area contributed by atoms with Gasteiger partial charge in [0.1, 0.15) is 5.75 Å². The van der Waals surface area contributed by atoms with Crippen molar-refractivity contribution in [2.75, 3.05) is 18.7 Å². The van der Waals surface area contributed by atoms with E-state index < -0.39 is 0 Å². The molecular formula is C19H18N2O2S2. The van der Waals surface area contributed by atoms with Crippen molar-refractivity contribution >= 4 is 34.1 Å². The lowest BCUT2D eigenvalue weighted by atomic mass is 10.1. The molecule has 0 aliphatic rings. The predicted octanol–water partition coefficient (Wildman–Crippen LogP) is 5.10. The van der Waals surface area contributed by atoms with Crippen LogP contribution in [0.3, 0.4) is 0 Å². The summed E-state index contributed by atoms with van der Waals surface area (Å²) in [5, 5.41) is 5.42. The monoisotopic (exact) mass is 370 g/mol. The molecule has 1 amide bonds. The average molecular weight is 370 g/mol. The molecular weight excluding hydrogens is 352 g/mol. The minimum atomic E-state index is -0.142. The number of nitrogens with one attached hydrogen (secondary N) is 1. The van der Waals surface area contributed by atoms with E-state index in [4.69, 9.17) is 4.74 Å². The van der Waals surface area contributed by atoms with E-state index in [1.807, 2.05) is 61.0 Å². The summed E-state index contributed by atoms with van der Waals surface area (Å²) in [6, 6.07) is 13.5. The zero-order valence-corrected chi connectivity index (χ0v) is 15.8. The van der Waals surface area contributed by atoms with Crippen molar-refractivity contribution in [3.8, 4) is 17.0 Å². The number of amides is 1. The number of carbonyl (C=O) groups excluding carboxylic acids is 1. The third-order valence-electron chi connectivity index (χ3n) is 3.77. The summed E-state index contributed by atoms with van der Waals surface area (Å²) in [7, 11) is 1.66. The van der Waals surface area contributed by atoms with Gasteiger partial charge in [-0.3, -0.25) is 10.1 Å². The molecule has 2 aromatic carbocycles. The molecule has 1 aromatic heterocycles. The molecule has 3 aromatic rings. The number of nitrogens with zero attached hydrogens (tertiary/aromatic N) is 1. The molecule has 1 heterocycles. The van der Waals surface area contributed by atoms with Crippen molar-refractivity contribution in [3.63, 3.8) is 0 Å². The smallest absolute Gasteiger partial charge is 0.258 e. The van der Waals surface area contributed by atoms with E-state index in [9.17, 15) is 4.79 Å². The summed E-state index contributed by atoms with van der Waals surface area (Å²) in [5.41, 5.74) is 3.54. The van der Waals surface area contributed by atoms with E-state index >= 15 is 0 Å². The molecule has 0 bridgehead atoms. The number of thioether (sulfide) groups is 1. The van der Waals surface area contributed by atoms with E-state index in [2.05, 4.69) is 10.3 Å². The SMILES string of the molecule is COc1ccc(-c2csc(NC(=O)c3ccccc3SC)n2)cc1C. The number of anilines is 1. The van der Waals surface area contributed by atoms with Crippen LogP contribution in [-0.4, -0.2) is 24.3 Å². The quantitative estimate of drug-likeness (QED) is 0.635. The summed E-state index contributed by atoms with van der Waals surface area (Å²) in [5.74, 6) is 0.706. The molecule has 0 radical (unpaired) electrons. The Bertz CT molecular complexity index is 906. The Kier molecular flexibility index (Phi) is 5.40. The number of rotatable bonds is 5. The lowest BCUT2D eigenvalue weighted by Gasteiger charge is -2.06. The first-order valence-electron chi connectivity index (χ1n) is 7.67. The van der Waals surface area contributed by atoms with Gasteiger partial charge in [-0.05, 0) is 49.1 Å². The maximum Gasteiger partial charge on any atom is 0.258 e. The van der Waals surface area contributed by atoms with Crippen molar-refractivity contribution in [1.29, 1.82) is 0 Å². The summed E-state index contributed by atoms with van der Waals surface area (Å²) in [4.78, 5) is 18.0. The second kappa shape index (κ2) is 7.72. The maximum atomic E-state index is 12.5. The molecule has 0 unspecified atom stereocenters. The number of aromatic nitrogens is 1. The molecule has 3 rings (SSSR count). The van der Waals surface area contributed by atoms with Crippen LogP contribution in [-0.2, 0) is 0 Å². The Morgan fingerprint density at radius 1 is 1.24 bits per heavy atom.